The predicted octanol–water partition coefficient (Wildman–Crippen LogP) is 5.98. The monoisotopic (exact) mass is 446 g/mol. The quantitative estimate of drug-likeness (QED) is 0.332. The molecule has 0 N–H and O–H groups in total. The van der Waals surface area contributed by atoms with Gasteiger partial charge >= 0.3 is 5.97 Å². The van der Waals surface area contributed by atoms with Gasteiger partial charge in [0.1, 0.15) is 10.7 Å². The number of esters is 1. The van der Waals surface area contributed by atoms with Gasteiger partial charge in [-0.2, -0.15) is 0 Å². The molecule has 2 rings (SSSR count). The third kappa shape index (κ3) is 7.00. The van der Waals surface area contributed by atoms with Crippen LogP contribution in [0.1, 0.15) is 44.3 Å². The molecule has 162 valence electrons. The van der Waals surface area contributed by atoms with Crippen molar-refractivity contribution in [3.05, 3.63) is 51.8 Å². The number of allylic oxidation sites excluding steroid dienone is 4. The molecule has 0 spiro atoms. The van der Waals surface area contributed by atoms with Gasteiger partial charge in [-0.15, -0.1) is 22.7 Å². The lowest BCUT2D eigenvalue weighted by atomic mass is 10.0. The third-order valence-corrected chi connectivity index (χ3v) is 6.38. The number of aromatic nitrogens is 2. The van der Waals surface area contributed by atoms with Gasteiger partial charge in [-0.1, -0.05) is 51.2 Å². The van der Waals surface area contributed by atoms with Crippen LogP contribution in [0.2, 0.25) is 0 Å². The zero-order valence-electron chi connectivity index (χ0n) is 18.4. The van der Waals surface area contributed by atoms with Crippen LogP contribution in [0.4, 0.5) is 0 Å². The molecule has 0 aliphatic heterocycles. The summed E-state index contributed by atoms with van der Waals surface area (Å²) in [6.45, 7) is 8.24. The van der Waals surface area contributed by atoms with Crippen LogP contribution in [0, 0.1) is 11.8 Å². The second-order valence-electron chi connectivity index (χ2n) is 7.32. The van der Waals surface area contributed by atoms with Gasteiger partial charge in [-0.05, 0) is 18.9 Å². The Labute approximate surface area is 187 Å². The van der Waals surface area contributed by atoms with Crippen molar-refractivity contribution in [2.45, 2.75) is 39.7 Å². The predicted molar refractivity (Wildman–Crippen MR) is 126 cm³/mol. The number of carbonyl (C=O) groups excluding carboxylic acids is 1. The summed E-state index contributed by atoms with van der Waals surface area (Å²) >= 11 is 3.20. The summed E-state index contributed by atoms with van der Waals surface area (Å²) in [5.74, 6) is 0.110. The largest absolute Gasteiger partial charge is 0.469 e. The van der Waals surface area contributed by atoms with E-state index in [1.807, 2.05) is 22.9 Å². The first-order valence-corrected chi connectivity index (χ1v) is 11.7. The second kappa shape index (κ2) is 11.9. The molecule has 0 saturated carbocycles. The van der Waals surface area contributed by atoms with Crippen molar-refractivity contribution in [2.24, 2.45) is 11.8 Å². The minimum Gasteiger partial charge on any atom is -0.469 e. The van der Waals surface area contributed by atoms with E-state index in [2.05, 4.69) is 50.1 Å². The highest BCUT2D eigenvalue weighted by Crippen LogP contribution is 2.29. The SMILES string of the molecule is COC(=O)[C@H](C)[C@H](/C=C/c1csc(-c2csc([C@@H](C)/C=C/C=C/C(C)C)n2)n1)OC. The van der Waals surface area contributed by atoms with E-state index in [9.17, 15) is 4.79 Å². The maximum Gasteiger partial charge on any atom is 0.311 e. The summed E-state index contributed by atoms with van der Waals surface area (Å²) in [4.78, 5) is 21.1. The second-order valence-corrected chi connectivity index (χ2v) is 9.07. The summed E-state index contributed by atoms with van der Waals surface area (Å²) in [5, 5.41) is 5.97. The molecule has 5 nitrogen and oxygen atoms in total. The molecule has 2 aromatic rings. The molecular weight excluding hydrogens is 416 g/mol. The molecule has 0 amide bonds. The van der Waals surface area contributed by atoms with Crippen molar-refractivity contribution in [3.63, 3.8) is 0 Å². The third-order valence-electron chi connectivity index (χ3n) is 4.45. The molecule has 2 heterocycles. The molecule has 0 aliphatic rings. The number of carbonyl (C=O) groups is 1. The van der Waals surface area contributed by atoms with Gasteiger partial charge < -0.3 is 9.47 Å². The highest BCUT2D eigenvalue weighted by Gasteiger charge is 2.22. The molecule has 0 saturated heterocycles. The van der Waals surface area contributed by atoms with Crippen molar-refractivity contribution in [3.8, 4) is 10.7 Å². The molecule has 2 aromatic heterocycles. The first-order valence-electron chi connectivity index (χ1n) is 9.90. The minimum atomic E-state index is -0.389. The summed E-state index contributed by atoms with van der Waals surface area (Å²) in [6.07, 6.45) is 11.8. The Kier molecular flexibility index (Phi) is 9.62. The van der Waals surface area contributed by atoms with Gasteiger partial charge in [0.2, 0.25) is 0 Å². The molecule has 3 atom stereocenters. The number of rotatable bonds is 10. The van der Waals surface area contributed by atoms with Gasteiger partial charge in [0, 0.05) is 23.8 Å². The van der Waals surface area contributed by atoms with E-state index < -0.39 is 0 Å². The topological polar surface area (TPSA) is 61.3 Å². The lowest BCUT2D eigenvalue weighted by molar-refractivity contribution is -0.148. The number of hydrogen-bond donors (Lipinski definition) is 0. The fourth-order valence-corrected chi connectivity index (χ4v) is 4.30. The molecule has 0 aromatic carbocycles. The standard InChI is InChI=1S/C23H30N2O3S2/c1-15(2)9-7-8-10-16(3)21-25-19(14-30-21)22-24-18(13-29-22)11-12-20(27-5)17(4)23(26)28-6/h7-17,20H,1-6H3/b9-7+,10-8+,12-11+/t16-,17+,20-/m0/s1. The van der Waals surface area contributed by atoms with Crippen LogP contribution in [0.25, 0.3) is 16.8 Å². The summed E-state index contributed by atoms with van der Waals surface area (Å²) in [6, 6.07) is 0. The smallest absolute Gasteiger partial charge is 0.311 e. The van der Waals surface area contributed by atoms with Crippen molar-refractivity contribution in [2.75, 3.05) is 14.2 Å². The Hall–Kier alpha value is -2.09. The van der Waals surface area contributed by atoms with Gasteiger partial charge in [0.05, 0.1) is 29.8 Å². The zero-order valence-corrected chi connectivity index (χ0v) is 20.0. The Morgan fingerprint density at radius 2 is 1.73 bits per heavy atom. The van der Waals surface area contributed by atoms with Gasteiger partial charge in [-0.3, -0.25) is 4.79 Å². The first kappa shape index (κ1) is 24.2. The van der Waals surface area contributed by atoms with Crippen LogP contribution >= 0.6 is 22.7 Å². The van der Waals surface area contributed by atoms with Crippen molar-refractivity contribution in [1.29, 1.82) is 0 Å². The lowest BCUT2D eigenvalue weighted by Gasteiger charge is -2.16. The van der Waals surface area contributed by atoms with Crippen molar-refractivity contribution in [1.82, 2.24) is 9.97 Å². The van der Waals surface area contributed by atoms with Crippen LogP contribution in [0.5, 0.6) is 0 Å². The Morgan fingerprint density at radius 1 is 1.00 bits per heavy atom. The van der Waals surface area contributed by atoms with Crippen LogP contribution in [0.3, 0.4) is 0 Å². The van der Waals surface area contributed by atoms with E-state index in [4.69, 9.17) is 14.5 Å². The molecule has 0 radical (unpaired) electrons. The molecular formula is C23H30N2O3S2. The minimum absolute atomic E-state index is 0.252. The maximum absolute atomic E-state index is 11.7. The maximum atomic E-state index is 11.7. The summed E-state index contributed by atoms with van der Waals surface area (Å²) in [5.41, 5.74) is 1.71. The summed E-state index contributed by atoms with van der Waals surface area (Å²) < 4.78 is 10.2. The number of ether oxygens (including phenoxy) is 2. The average molecular weight is 447 g/mol. The molecule has 7 heteroatoms. The first-order chi connectivity index (χ1) is 14.3. The highest BCUT2D eigenvalue weighted by molar-refractivity contribution is 7.14. The number of hydrogen-bond acceptors (Lipinski definition) is 7. The fourth-order valence-electron chi connectivity index (χ4n) is 2.64. The van der Waals surface area contributed by atoms with Crippen LogP contribution in [0.15, 0.2) is 41.1 Å². The normalized spacial score (nSPS) is 15.4. The van der Waals surface area contributed by atoms with Crippen molar-refractivity contribution < 1.29 is 14.3 Å². The number of nitrogens with zero attached hydrogens (tertiary/aromatic N) is 2. The van der Waals surface area contributed by atoms with Crippen LogP contribution < -0.4 is 0 Å². The van der Waals surface area contributed by atoms with Gasteiger partial charge in [0.15, 0.2) is 0 Å². The Bertz CT molecular complexity index is 896. The fraction of sp³-hybridized carbons (Fsp3) is 0.435. The summed E-state index contributed by atoms with van der Waals surface area (Å²) in [7, 11) is 2.95. The number of thiazole rings is 2. The molecule has 0 fully saturated rings. The zero-order chi connectivity index (χ0) is 22.1. The highest BCUT2D eigenvalue weighted by atomic mass is 32.1. The lowest BCUT2D eigenvalue weighted by Crippen LogP contribution is -2.26. The van der Waals surface area contributed by atoms with E-state index in [0.717, 1.165) is 21.4 Å². The molecule has 30 heavy (non-hydrogen) atoms. The van der Waals surface area contributed by atoms with Gasteiger partial charge in [-0.25, -0.2) is 9.97 Å². The van der Waals surface area contributed by atoms with E-state index in [1.54, 1.807) is 36.7 Å². The van der Waals surface area contributed by atoms with Crippen LogP contribution in [-0.4, -0.2) is 36.3 Å². The molecule has 0 unspecified atom stereocenters. The van der Waals surface area contributed by atoms with E-state index >= 15 is 0 Å². The molecule has 0 bridgehead atoms. The number of methoxy groups -OCH3 is 2. The van der Waals surface area contributed by atoms with Gasteiger partial charge in [0.25, 0.3) is 0 Å². The van der Waals surface area contributed by atoms with E-state index in [-0.39, 0.29) is 23.9 Å². The molecule has 0 aliphatic carbocycles. The van der Waals surface area contributed by atoms with Crippen molar-refractivity contribution >= 4 is 34.7 Å². The Morgan fingerprint density at radius 3 is 2.40 bits per heavy atom. The van der Waals surface area contributed by atoms with E-state index in [0.29, 0.717) is 5.92 Å². The average Bonchev–Trinajstić information content (AvgIpc) is 3.40. The Balaban J connectivity index is 2.05. The van der Waals surface area contributed by atoms with E-state index in [1.165, 1.54) is 7.11 Å². The van der Waals surface area contributed by atoms with Crippen LogP contribution in [-0.2, 0) is 14.3 Å².